The Morgan fingerprint density at radius 3 is 2.54 bits per heavy atom. The number of likely N-dealkylation sites (tertiary alicyclic amines) is 1. The zero-order chi connectivity index (χ0) is 19.6. The van der Waals surface area contributed by atoms with Crippen molar-refractivity contribution in [3.63, 3.8) is 0 Å². The van der Waals surface area contributed by atoms with Gasteiger partial charge in [-0.05, 0) is 75.2 Å². The molecule has 2 aliphatic heterocycles. The number of nitrogens with zero attached hydrogens (tertiary/aromatic N) is 1. The molecule has 1 aromatic rings. The fourth-order valence-electron chi connectivity index (χ4n) is 4.80. The molecule has 2 N–H and O–H groups in total. The van der Waals surface area contributed by atoms with E-state index in [2.05, 4.69) is 15.5 Å². The van der Waals surface area contributed by atoms with Crippen molar-refractivity contribution in [2.45, 2.75) is 56.0 Å². The maximum Gasteiger partial charge on any atom is 0.315 e. The van der Waals surface area contributed by atoms with Crippen LogP contribution in [0.3, 0.4) is 0 Å². The monoisotopic (exact) mass is 425 g/mol. The third-order valence-corrected chi connectivity index (χ3v) is 7.41. The van der Waals surface area contributed by atoms with Gasteiger partial charge in [0.2, 0.25) is 0 Å². The summed E-state index contributed by atoms with van der Waals surface area (Å²) in [5.41, 5.74) is 1.26. The van der Waals surface area contributed by atoms with Crippen molar-refractivity contribution >= 4 is 29.2 Å². The quantitative estimate of drug-likeness (QED) is 0.743. The summed E-state index contributed by atoms with van der Waals surface area (Å²) in [4.78, 5) is 15.0. The minimum atomic E-state index is -0.0531. The van der Waals surface area contributed by atoms with E-state index in [1.54, 1.807) is 0 Å². The molecular formula is C21H29Cl2N3O2. The van der Waals surface area contributed by atoms with Gasteiger partial charge < -0.3 is 15.4 Å². The molecule has 2 heterocycles. The number of carbonyl (C=O) groups excluding carboxylic acids is 1. The summed E-state index contributed by atoms with van der Waals surface area (Å²) < 4.78 is 5.58. The van der Waals surface area contributed by atoms with E-state index in [4.69, 9.17) is 27.9 Å². The second-order valence-corrected chi connectivity index (χ2v) is 9.21. The van der Waals surface area contributed by atoms with Gasteiger partial charge in [0.1, 0.15) is 0 Å². The number of hydrogen-bond acceptors (Lipinski definition) is 3. The van der Waals surface area contributed by atoms with Crippen LogP contribution in [0.25, 0.3) is 0 Å². The van der Waals surface area contributed by atoms with E-state index in [1.165, 1.54) is 18.4 Å². The minimum absolute atomic E-state index is 0.0531. The Bertz CT molecular complexity index is 697. The number of hydrogen-bond donors (Lipinski definition) is 2. The average Bonchev–Trinajstić information content (AvgIpc) is 3.21. The van der Waals surface area contributed by atoms with E-state index in [9.17, 15) is 4.79 Å². The third kappa shape index (κ3) is 4.43. The molecule has 0 atom stereocenters. The fourth-order valence-corrected chi connectivity index (χ4v) is 5.11. The Morgan fingerprint density at radius 2 is 1.86 bits per heavy atom. The van der Waals surface area contributed by atoms with E-state index >= 15 is 0 Å². The molecule has 7 heteroatoms. The van der Waals surface area contributed by atoms with Crippen LogP contribution in [-0.4, -0.2) is 55.4 Å². The van der Waals surface area contributed by atoms with Gasteiger partial charge in [0, 0.05) is 31.3 Å². The van der Waals surface area contributed by atoms with Gasteiger partial charge in [-0.1, -0.05) is 29.3 Å². The molecule has 0 aromatic heterocycles. The molecule has 1 aromatic carbocycles. The van der Waals surface area contributed by atoms with E-state index in [0.717, 1.165) is 52.0 Å². The Morgan fingerprint density at radius 1 is 1.14 bits per heavy atom. The summed E-state index contributed by atoms with van der Waals surface area (Å²) in [6.45, 7) is 4.54. The normalized spacial score (nSPS) is 27.2. The van der Waals surface area contributed by atoms with Crippen LogP contribution in [-0.2, 0) is 4.74 Å². The van der Waals surface area contributed by atoms with E-state index in [1.807, 2.05) is 18.2 Å². The molecule has 154 valence electrons. The highest BCUT2D eigenvalue weighted by atomic mass is 35.5. The van der Waals surface area contributed by atoms with Crippen LogP contribution in [0.5, 0.6) is 0 Å². The maximum absolute atomic E-state index is 12.5. The number of halogens is 2. The lowest BCUT2D eigenvalue weighted by Crippen LogP contribution is -2.59. The highest BCUT2D eigenvalue weighted by Crippen LogP contribution is 2.39. The summed E-state index contributed by atoms with van der Waals surface area (Å²) >= 11 is 12.1. The van der Waals surface area contributed by atoms with Crippen LogP contribution in [0.4, 0.5) is 4.79 Å². The van der Waals surface area contributed by atoms with Gasteiger partial charge in [0.15, 0.2) is 0 Å². The Kier molecular flexibility index (Phi) is 6.36. The summed E-state index contributed by atoms with van der Waals surface area (Å²) in [6.07, 6.45) is 6.39. The van der Waals surface area contributed by atoms with Crippen molar-refractivity contribution in [3.8, 4) is 0 Å². The number of ether oxygens (including phenoxy) is 1. The van der Waals surface area contributed by atoms with Crippen molar-refractivity contribution in [2.24, 2.45) is 0 Å². The molecule has 0 unspecified atom stereocenters. The molecule has 0 bridgehead atoms. The summed E-state index contributed by atoms with van der Waals surface area (Å²) in [7, 11) is 0. The van der Waals surface area contributed by atoms with E-state index in [-0.39, 0.29) is 17.6 Å². The number of urea groups is 1. The van der Waals surface area contributed by atoms with Crippen LogP contribution in [0.1, 0.15) is 50.0 Å². The van der Waals surface area contributed by atoms with Crippen LogP contribution in [0.15, 0.2) is 18.2 Å². The highest BCUT2D eigenvalue weighted by Gasteiger charge is 2.40. The van der Waals surface area contributed by atoms with Gasteiger partial charge in [-0.3, -0.25) is 4.90 Å². The van der Waals surface area contributed by atoms with E-state index in [0.29, 0.717) is 22.5 Å². The molecule has 1 aliphatic carbocycles. The first-order chi connectivity index (χ1) is 13.6. The van der Waals surface area contributed by atoms with Gasteiger partial charge in [0.25, 0.3) is 0 Å². The molecule has 28 heavy (non-hydrogen) atoms. The largest absolute Gasteiger partial charge is 0.381 e. The lowest BCUT2D eigenvalue weighted by Gasteiger charge is -2.45. The second-order valence-electron chi connectivity index (χ2n) is 8.40. The van der Waals surface area contributed by atoms with Crippen molar-refractivity contribution in [1.82, 2.24) is 15.5 Å². The molecule has 2 amide bonds. The first-order valence-corrected chi connectivity index (χ1v) is 11.1. The average molecular weight is 426 g/mol. The molecule has 3 fully saturated rings. The summed E-state index contributed by atoms with van der Waals surface area (Å²) in [5.74, 6) is 0.437. The minimum Gasteiger partial charge on any atom is -0.381 e. The van der Waals surface area contributed by atoms with Crippen LogP contribution in [0.2, 0.25) is 10.0 Å². The zero-order valence-electron chi connectivity index (χ0n) is 16.2. The first-order valence-electron chi connectivity index (χ1n) is 10.4. The fraction of sp³-hybridized carbons (Fsp3) is 0.667. The molecule has 0 radical (unpaired) electrons. The van der Waals surface area contributed by atoms with Crippen molar-refractivity contribution in [2.75, 3.05) is 32.8 Å². The Hall–Kier alpha value is -1.01. The predicted molar refractivity (Wildman–Crippen MR) is 112 cm³/mol. The van der Waals surface area contributed by atoms with Crippen molar-refractivity contribution in [1.29, 1.82) is 0 Å². The van der Waals surface area contributed by atoms with Crippen LogP contribution >= 0.6 is 23.2 Å². The van der Waals surface area contributed by atoms with Gasteiger partial charge in [-0.2, -0.15) is 0 Å². The molecule has 4 rings (SSSR count). The van der Waals surface area contributed by atoms with Crippen LogP contribution < -0.4 is 10.6 Å². The third-order valence-electron chi connectivity index (χ3n) is 6.67. The SMILES string of the molecule is O=C(NCC1(N2CCCC2)CCOCC1)NC1CC(c2ccc(Cl)c(Cl)c2)C1. The summed E-state index contributed by atoms with van der Waals surface area (Å²) in [5, 5.41) is 7.46. The number of rotatable bonds is 5. The second kappa shape index (κ2) is 8.78. The summed E-state index contributed by atoms with van der Waals surface area (Å²) in [6, 6.07) is 5.98. The lowest BCUT2D eigenvalue weighted by molar-refractivity contribution is -0.0171. The molecule has 0 spiro atoms. The Labute approximate surface area is 177 Å². The standard InChI is InChI=1S/C21H29Cl2N3O2/c22-18-4-3-15(13-19(18)23)16-11-17(12-16)25-20(27)24-14-21(5-9-28-10-6-21)26-7-1-2-8-26/h3-4,13,16-17H,1-2,5-12,14H2,(H2,24,25,27). The van der Waals surface area contributed by atoms with Gasteiger partial charge in [-0.15, -0.1) is 0 Å². The number of amides is 2. The molecule has 3 aliphatic rings. The van der Waals surface area contributed by atoms with Gasteiger partial charge >= 0.3 is 6.03 Å². The van der Waals surface area contributed by atoms with Gasteiger partial charge in [0.05, 0.1) is 10.0 Å². The lowest BCUT2D eigenvalue weighted by atomic mass is 9.76. The zero-order valence-corrected chi connectivity index (χ0v) is 17.7. The molecule has 1 saturated carbocycles. The van der Waals surface area contributed by atoms with Crippen molar-refractivity contribution in [3.05, 3.63) is 33.8 Å². The van der Waals surface area contributed by atoms with E-state index < -0.39 is 0 Å². The number of carbonyl (C=O) groups is 1. The smallest absolute Gasteiger partial charge is 0.315 e. The predicted octanol–water partition coefficient (Wildman–Crippen LogP) is 4.18. The molecular weight excluding hydrogens is 397 g/mol. The maximum atomic E-state index is 12.5. The molecule has 5 nitrogen and oxygen atoms in total. The highest BCUT2D eigenvalue weighted by molar-refractivity contribution is 6.42. The van der Waals surface area contributed by atoms with Gasteiger partial charge in [-0.25, -0.2) is 4.79 Å². The Balaban J connectivity index is 1.25. The topological polar surface area (TPSA) is 53.6 Å². The number of benzene rings is 1. The van der Waals surface area contributed by atoms with Crippen LogP contribution in [0, 0.1) is 0 Å². The first kappa shape index (κ1) is 20.3. The molecule has 2 saturated heterocycles. The van der Waals surface area contributed by atoms with Crippen molar-refractivity contribution < 1.29 is 9.53 Å². The number of nitrogens with one attached hydrogen (secondary N) is 2.